The fraction of sp³-hybridized carbons (Fsp3) is 0.833. The van der Waals surface area contributed by atoms with E-state index in [-0.39, 0.29) is 0 Å². The van der Waals surface area contributed by atoms with Gasteiger partial charge in [0.25, 0.3) is 0 Å². The number of aromatic nitrogens is 2. The van der Waals surface area contributed by atoms with E-state index in [1.54, 1.807) is 5.56 Å². The molecule has 1 N–H and O–H groups in total. The summed E-state index contributed by atoms with van der Waals surface area (Å²) < 4.78 is 0. The van der Waals surface area contributed by atoms with E-state index in [9.17, 15) is 0 Å². The average molecular weight is 302 g/mol. The summed E-state index contributed by atoms with van der Waals surface area (Å²) in [4.78, 5) is 5.36. The van der Waals surface area contributed by atoms with Crippen molar-refractivity contribution >= 4 is 0 Å². The zero-order valence-corrected chi connectivity index (χ0v) is 13.8. The molecule has 0 unspecified atom stereocenters. The summed E-state index contributed by atoms with van der Waals surface area (Å²) >= 11 is 0. The van der Waals surface area contributed by atoms with Gasteiger partial charge in [-0.25, -0.2) is 0 Å². The molecule has 4 heteroatoms. The first kappa shape index (κ1) is 14.7. The summed E-state index contributed by atoms with van der Waals surface area (Å²) in [5.41, 5.74) is 4.41. The van der Waals surface area contributed by atoms with Gasteiger partial charge in [0, 0.05) is 44.2 Å². The van der Waals surface area contributed by atoms with Crippen LogP contribution in [0, 0.1) is 0 Å². The van der Waals surface area contributed by atoms with Crippen LogP contribution >= 0.6 is 0 Å². The third kappa shape index (κ3) is 3.38. The van der Waals surface area contributed by atoms with Crippen molar-refractivity contribution in [1.29, 1.82) is 0 Å². The molecule has 3 aliphatic rings. The van der Waals surface area contributed by atoms with Crippen molar-refractivity contribution in [3.05, 3.63) is 17.0 Å². The van der Waals surface area contributed by atoms with E-state index in [0.29, 0.717) is 0 Å². The summed E-state index contributed by atoms with van der Waals surface area (Å²) in [5.74, 6) is 0.781. The Morgan fingerprint density at radius 2 is 1.55 bits per heavy atom. The molecular formula is C18H30N4. The Bertz CT molecular complexity index is 483. The van der Waals surface area contributed by atoms with Crippen molar-refractivity contribution in [3.63, 3.8) is 0 Å². The monoisotopic (exact) mass is 302 g/mol. The average Bonchev–Trinajstić information content (AvgIpc) is 3.35. The molecule has 122 valence electrons. The number of hydrogen-bond donors (Lipinski definition) is 1. The second-order valence-corrected chi connectivity index (χ2v) is 7.44. The standard InChI is InChI=1S/C18H30N4/c1-2-4-10-21(9-3-1)13-14-22-11-7-16-17(8-12-22)19-20-18(16)15-5-6-15/h15H,1-14H2,(H,19,20). The quantitative estimate of drug-likeness (QED) is 0.928. The largest absolute Gasteiger partial charge is 0.302 e. The molecule has 1 saturated heterocycles. The lowest BCUT2D eigenvalue weighted by molar-refractivity contribution is 0.212. The van der Waals surface area contributed by atoms with Crippen LogP contribution in [0.25, 0.3) is 0 Å². The van der Waals surface area contributed by atoms with Crippen molar-refractivity contribution in [3.8, 4) is 0 Å². The van der Waals surface area contributed by atoms with Gasteiger partial charge in [0.2, 0.25) is 0 Å². The van der Waals surface area contributed by atoms with E-state index in [4.69, 9.17) is 0 Å². The minimum atomic E-state index is 0.781. The van der Waals surface area contributed by atoms with Crippen molar-refractivity contribution in [2.24, 2.45) is 0 Å². The van der Waals surface area contributed by atoms with Crippen LogP contribution in [0.5, 0.6) is 0 Å². The second kappa shape index (κ2) is 6.71. The molecule has 1 aromatic rings. The maximum absolute atomic E-state index is 4.60. The second-order valence-electron chi connectivity index (χ2n) is 7.44. The first-order chi connectivity index (χ1) is 10.9. The zero-order valence-electron chi connectivity index (χ0n) is 13.8. The molecule has 0 atom stereocenters. The molecule has 0 bridgehead atoms. The third-order valence-electron chi connectivity index (χ3n) is 5.74. The molecule has 0 radical (unpaired) electrons. The lowest BCUT2D eigenvalue weighted by Crippen LogP contribution is -2.37. The Kier molecular flexibility index (Phi) is 4.49. The maximum Gasteiger partial charge on any atom is 0.0688 e. The minimum absolute atomic E-state index is 0.781. The number of likely N-dealkylation sites (tertiary alicyclic amines) is 1. The fourth-order valence-corrected chi connectivity index (χ4v) is 4.12. The van der Waals surface area contributed by atoms with Crippen LogP contribution in [0.15, 0.2) is 0 Å². The van der Waals surface area contributed by atoms with Gasteiger partial charge in [0.05, 0.1) is 5.69 Å². The van der Waals surface area contributed by atoms with E-state index < -0.39 is 0 Å². The normalized spacial score (nSPS) is 24.7. The lowest BCUT2D eigenvalue weighted by Gasteiger charge is -2.25. The fourth-order valence-electron chi connectivity index (χ4n) is 4.12. The molecule has 4 rings (SSSR count). The van der Waals surface area contributed by atoms with E-state index in [1.165, 1.54) is 95.6 Å². The molecule has 0 amide bonds. The molecule has 2 aliphatic heterocycles. The van der Waals surface area contributed by atoms with Crippen LogP contribution in [-0.4, -0.2) is 59.3 Å². The van der Waals surface area contributed by atoms with E-state index >= 15 is 0 Å². The van der Waals surface area contributed by atoms with Crippen LogP contribution in [0.3, 0.4) is 0 Å². The van der Waals surface area contributed by atoms with E-state index in [1.807, 2.05) is 0 Å². The number of fused-ring (bicyclic) bond motifs is 1. The first-order valence-corrected chi connectivity index (χ1v) is 9.41. The van der Waals surface area contributed by atoms with Crippen molar-refractivity contribution in [1.82, 2.24) is 20.0 Å². The first-order valence-electron chi connectivity index (χ1n) is 9.41. The van der Waals surface area contributed by atoms with Gasteiger partial charge in [-0.15, -0.1) is 0 Å². The Hall–Kier alpha value is -0.870. The topological polar surface area (TPSA) is 35.2 Å². The maximum atomic E-state index is 4.60. The number of rotatable bonds is 4. The van der Waals surface area contributed by atoms with Crippen molar-refractivity contribution < 1.29 is 0 Å². The van der Waals surface area contributed by atoms with Gasteiger partial charge in [-0.05, 0) is 50.8 Å². The molecule has 3 heterocycles. The van der Waals surface area contributed by atoms with Gasteiger partial charge in [-0.1, -0.05) is 12.8 Å². The van der Waals surface area contributed by atoms with Crippen LogP contribution in [0.4, 0.5) is 0 Å². The highest BCUT2D eigenvalue weighted by molar-refractivity contribution is 5.32. The van der Waals surface area contributed by atoms with E-state index in [2.05, 4.69) is 20.0 Å². The SMILES string of the molecule is C1CCCN(CCN2CCc3[nH]nc(C4CC4)c3CC2)CC1. The van der Waals surface area contributed by atoms with Crippen LogP contribution in [-0.2, 0) is 12.8 Å². The van der Waals surface area contributed by atoms with Gasteiger partial charge in [0.1, 0.15) is 0 Å². The Balaban J connectivity index is 1.30. The smallest absolute Gasteiger partial charge is 0.0688 e. The highest BCUT2D eigenvalue weighted by atomic mass is 15.2. The van der Waals surface area contributed by atoms with Crippen molar-refractivity contribution in [2.45, 2.75) is 57.3 Å². The minimum Gasteiger partial charge on any atom is -0.302 e. The van der Waals surface area contributed by atoms with Crippen LogP contribution in [0.1, 0.15) is 61.4 Å². The third-order valence-corrected chi connectivity index (χ3v) is 5.74. The predicted octanol–water partition coefficient (Wildman–Crippen LogP) is 2.56. The highest BCUT2D eigenvalue weighted by Crippen LogP contribution is 2.41. The number of aromatic amines is 1. The van der Waals surface area contributed by atoms with Crippen LogP contribution < -0.4 is 0 Å². The molecule has 1 saturated carbocycles. The molecule has 1 aliphatic carbocycles. The summed E-state index contributed by atoms with van der Waals surface area (Å²) in [6, 6.07) is 0. The summed E-state index contributed by atoms with van der Waals surface area (Å²) in [6.45, 7) is 7.58. The predicted molar refractivity (Wildman–Crippen MR) is 89.3 cm³/mol. The van der Waals surface area contributed by atoms with Gasteiger partial charge >= 0.3 is 0 Å². The highest BCUT2D eigenvalue weighted by Gasteiger charge is 2.31. The zero-order chi connectivity index (χ0) is 14.8. The number of nitrogens with zero attached hydrogens (tertiary/aromatic N) is 3. The molecule has 0 aromatic carbocycles. The van der Waals surface area contributed by atoms with E-state index in [0.717, 1.165) is 12.3 Å². The van der Waals surface area contributed by atoms with Gasteiger partial charge in [0.15, 0.2) is 0 Å². The Morgan fingerprint density at radius 1 is 0.864 bits per heavy atom. The Labute approximate surface area is 134 Å². The molecule has 0 spiro atoms. The number of hydrogen-bond acceptors (Lipinski definition) is 3. The summed E-state index contributed by atoms with van der Waals surface area (Å²) in [6.07, 6.45) is 10.8. The Morgan fingerprint density at radius 3 is 2.27 bits per heavy atom. The number of nitrogens with one attached hydrogen (secondary N) is 1. The van der Waals surface area contributed by atoms with Gasteiger partial charge < -0.3 is 9.80 Å². The molecule has 2 fully saturated rings. The van der Waals surface area contributed by atoms with Gasteiger partial charge in [-0.2, -0.15) is 5.10 Å². The summed E-state index contributed by atoms with van der Waals surface area (Å²) in [7, 11) is 0. The lowest BCUT2D eigenvalue weighted by atomic mass is 10.1. The summed E-state index contributed by atoms with van der Waals surface area (Å²) in [5, 5.41) is 7.94. The van der Waals surface area contributed by atoms with Crippen molar-refractivity contribution in [2.75, 3.05) is 39.3 Å². The molecule has 4 nitrogen and oxygen atoms in total. The van der Waals surface area contributed by atoms with Gasteiger partial charge in [-0.3, -0.25) is 5.10 Å². The molecular weight excluding hydrogens is 272 g/mol. The molecule has 1 aromatic heterocycles. The van der Waals surface area contributed by atoms with Crippen LogP contribution in [0.2, 0.25) is 0 Å². The molecule has 22 heavy (non-hydrogen) atoms. The number of H-pyrrole nitrogens is 1.